The summed E-state index contributed by atoms with van der Waals surface area (Å²) in [7, 11) is 0. The van der Waals surface area contributed by atoms with Gasteiger partial charge in [-0.1, -0.05) is 35.8 Å². The van der Waals surface area contributed by atoms with Crippen LogP contribution in [0, 0.1) is 5.41 Å². The second-order valence-electron chi connectivity index (χ2n) is 6.03. The van der Waals surface area contributed by atoms with Gasteiger partial charge in [-0.15, -0.1) is 0 Å². The molecule has 3 heteroatoms. The van der Waals surface area contributed by atoms with E-state index in [1.807, 2.05) is 6.07 Å². The standard InChI is InChI=1S/C15H22BrNO/c1-11(18)13-5-4-12(10-14(13)16)17-8-6-15(2,3)7-9-17/h4-5,10-11,18H,6-9H2,1-3H3/t11-/m0/s1. The average Bonchev–Trinajstić information content (AvgIpc) is 2.28. The number of hydrogen-bond acceptors (Lipinski definition) is 2. The summed E-state index contributed by atoms with van der Waals surface area (Å²) in [6.45, 7) is 8.72. The lowest BCUT2D eigenvalue weighted by Gasteiger charge is -2.38. The fraction of sp³-hybridized carbons (Fsp3) is 0.600. The second kappa shape index (κ2) is 5.22. The Labute approximate surface area is 118 Å². The lowest BCUT2D eigenvalue weighted by atomic mass is 9.82. The molecule has 0 radical (unpaired) electrons. The van der Waals surface area contributed by atoms with Crippen LogP contribution in [0.5, 0.6) is 0 Å². The topological polar surface area (TPSA) is 23.5 Å². The van der Waals surface area contributed by atoms with E-state index >= 15 is 0 Å². The van der Waals surface area contributed by atoms with Gasteiger partial charge in [0.25, 0.3) is 0 Å². The van der Waals surface area contributed by atoms with E-state index in [9.17, 15) is 5.11 Å². The number of anilines is 1. The number of halogens is 1. The van der Waals surface area contributed by atoms with Crippen molar-refractivity contribution in [3.63, 3.8) is 0 Å². The third-order valence-corrected chi connectivity index (χ3v) is 4.60. The Hall–Kier alpha value is -0.540. The van der Waals surface area contributed by atoms with E-state index in [0.29, 0.717) is 5.41 Å². The summed E-state index contributed by atoms with van der Waals surface area (Å²) >= 11 is 3.55. The van der Waals surface area contributed by atoms with E-state index in [2.05, 4.69) is 46.8 Å². The zero-order chi connectivity index (χ0) is 13.3. The monoisotopic (exact) mass is 311 g/mol. The number of nitrogens with zero attached hydrogens (tertiary/aromatic N) is 1. The molecular weight excluding hydrogens is 290 g/mol. The molecule has 2 nitrogen and oxygen atoms in total. The Balaban J connectivity index is 2.13. The van der Waals surface area contributed by atoms with Crippen molar-refractivity contribution in [2.24, 2.45) is 5.41 Å². The normalized spacial score (nSPS) is 20.8. The van der Waals surface area contributed by atoms with E-state index < -0.39 is 6.10 Å². The van der Waals surface area contributed by atoms with Crippen molar-refractivity contribution in [2.75, 3.05) is 18.0 Å². The zero-order valence-electron chi connectivity index (χ0n) is 11.4. The van der Waals surface area contributed by atoms with Gasteiger partial charge in [0.1, 0.15) is 0 Å². The fourth-order valence-corrected chi connectivity index (χ4v) is 3.12. The summed E-state index contributed by atoms with van der Waals surface area (Å²) in [5.74, 6) is 0. The molecule has 1 heterocycles. The molecule has 18 heavy (non-hydrogen) atoms. The van der Waals surface area contributed by atoms with Gasteiger partial charge in [-0.3, -0.25) is 0 Å². The minimum Gasteiger partial charge on any atom is -0.389 e. The third-order valence-electron chi connectivity index (χ3n) is 3.92. The molecule has 1 aromatic rings. The van der Waals surface area contributed by atoms with Crippen molar-refractivity contribution in [3.05, 3.63) is 28.2 Å². The molecule has 2 rings (SSSR count). The smallest absolute Gasteiger partial charge is 0.0772 e. The van der Waals surface area contributed by atoms with Gasteiger partial charge in [-0.25, -0.2) is 0 Å². The molecule has 0 aliphatic carbocycles. The molecule has 1 aromatic carbocycles. The molecule has 0 bridgehead atoms. The Kier molecular flexibility index (Phi) is 4.02. The maximum atomic E-state index is 9.63. The van der Waals surface area contributed by atoms with Crippen LogP contribution in [0.4, 0.5) is 5.69 Å². The SMILES string of the molecule is C[C@H](O)c1ccc(N2CCC(C)(C)CC2)cc1Br. The van der Waals surface area contributed by atoms with Crippen LogP contribution < -0.4 is 4.90 Å². The van der Waals surface area contributed by atoms with Crippen LogP contribution >= 0.6 is 15.9 Å². The van der Waals surface area contributed by atoms with Gasteiger partial charge < -0.3 is 10.0 Å². The first-order valence-corrected chi connectivity index (χ1v) is 7.41. The Bertz CT molecular complexity index is 419. The predicted molar refractivity (Wildman–Crippen MR) is 80.0 cm³/mol. The molecule has 0 saturated carbocycles. The van der Waals surface area contributed by atoms with Gasteiger partial charge in [0.15, 0.2) is 0 Å². The molecule has 0 spiro atoms. The van der Waals surface area contributed by atoms with Crippen LogP contribution in [0.15, 0.2) is 22.7 Å². The Morgan fingerprint density at radius 3 is 2.39 bits per heavy atom. The first kappa shape index (κ1) is 13.9. The van der Waals surface area contributed by atoms with Crippen molar-refractivity contribution in [1.29, 1.82) is 0 Å². The van der Waals surface area contributed by atoms with E-state index in [0.717, 1.165) is 23.1 Å². The molecule has 100 valence electrons. The van der Waals surface area contributed by atoms with Gasteiger partial charge in [0, 0.05) is 23.2 Å². The highest BCUT2D eigenvalue weighted by Crippen LogP contribution is 2.34. The predicted octanol–water partition coefficient (Wildman–Crippen LogP) is 4.13. The highest BCUT2D eigenvalue weighted by molar-refractivity contribution is 9.10. The molecule has 1 fully saturated rings. The number of benzene rings is 1. The number of piperidine rings is 1. The van der Waals surface area contributed by atoms with Crippen LogP contribution in [-0.2, 0) is 0 Å². The third kappa shape index (κ3) is 3.07. The first-order valence-electron chi connectivity index (χ1n) is 6.61. The number of rotatable bonds is 2. The lowest BCUT2D eigenvalue weighted by Crippen LogP contribution is -2.37. The summed E-state index contributed by atoms with van der Waals surface area (Å²) < 4.78 is 1.000. The van der Waals surface area contributed by atoms with Gasteiger partial charge in [0.2, 0.25) is 0 Å². The highest BCUT2D eigenvalue weighted by Gasteiger charge is 2.25. The molecule has 0 unspecified atom stereocenters. The largest absolute Gasteiger partial charge is 0.389 e. The molecule has 1 N–H and O–H groups in total. The summed E-state index contributed by atoms with van der Waals surface area (Å²) in [5, 5.41) is 9.63. The van der Waals surface area contributed by atoms with E-state index in [1.165, 1.54) is 18.5 Å². The number of aliphatic hydroxyl groups excluding tert-OH is 1. The van der Waals surface area contributed by atoms with Crippen LogP contribution in [0.1, 0.15) is 45.3 Å². The van der Waals surface area contributed by atoms with Gasteiger partial charge >= 0.3 is 0 Å². The summed E-state index contributed by atoms with van der Waals surface area (Å²) in [6.07, 6.45) is 2.06. The van der Waals surface area contributed by atoms with Gasteiger partial charge in [-0.2, -0.15) is 0 Å². The zero-order valence-corrected chi connectivity index (χ0v) is 13.0. The second-order valence-corrected chi connectivity index (χ2v) is 6.89. The van der Waals surface area contributed by atoms with Crippen molar-refractivity contribution in [1.82, 2.24) is 0 Å². The summed E-state index contributed by atoms with van der Waals surface area (Å²) in [4.78, 5) is 2.43. The molecule has 1 saturated heterocycles. The summed E-state index contributed by atoms with van der Waals surface area (Å²) in [6, 6.07) is 6.26. The van der Waals surface area contributed by atoms with E-state index in [4.69, 9.17) is 0 Å². The van der Waals surface area contributed by atoms with E-state index in [1.54, 1.807) is 6.92 Å². The molecule has 0 amide bonds. The van der Waals surface area contributed by atoms with Crippen LogP contribution in [0.3, 0.4) is 0 Å². The Morgan fingerprint density at radius 1 is 1.28 bits per heavy atom. The van der Waals surface area contributed by atoms with Crippen molar-refractivity contribution in [2.45, 2.75) is 39.7 Å². The quantitative estimate of drug-likeness (QED) is 0.887. The minimum atomic E-state index is -0.422. The Morgan fingerprint density at radius 2 is 1.89 bits per heavy atom. The molecule has 1 atom stereocenters. The van der Waals surface area contributed by atoms with Crippen molar-refractivity contribution < 1.29 is 5.11 Å². The molecule has 1 aliphatic heterocycles. The molecule has 0 aromatic heterocycles. The highest BCUT2D eigenvalue weighted by atomic mass is 79.9. The first-order chi connectivity index (χ1) is 8.39. The minimum absolute atomic E-state index is 0.422. The number of hydrogen-bond donors (Lipinski definition) is 1. The maximum Gasteiger partial charge on any atom is 0.0772 e. The van der Waals surface area contributed by atoms with Crippen molar-refractivity contribution >= 4 is 21.6 Å². The number of aliphatic hydroxyl groups is 1. The summed E-state index contributed by atoms with van der Waals surface area (Å²) in [5.41, 5.74) is 2.69. The van der Waals surface area contributed by atoms with Crippen LogP contribution in [-0.4, -0.2) is 18.2 Å². The van der Waals surface area contributed by atoms with Gasteiger partial charge in [-0.05, 0) is 42.9 Å². The fourth-order valence-electron chi connectivity index (χ4n) is 2.42. The molecular formula is C15H22BrNO. The van der Waals surface area contributed by atoms with E-state index in [-0.39, 0.29) is 0 Å². The van der Waals surface area contributed by atoms with Gasteiger partial charge in [0.05, 0.1) is 6.10 Å². The maximum absolute atomic E-state index is 9.63. The van der Waals surface area contributed by atoms with Crippen LogP contribution in [0.25, 0.3) is 0 Å². The van der Waals surface area contributed by atoms with Crippen LogP contribution in [0.2, 0.25) is 0 Å². The lowest BCUT2D eigenvalue weighted by molar-refractivity contribution is 0.198. The van der Waals surface area contributed by atoms with Crippen molar-refractivity contribution in [3.8, 4) is 0 Å². The average molecular weight is 312 g/mol. The molecule has 1 aliphatic rings.